The van der Waals surface area contributed by atoms with E-state index >= 15 is 0 Å². The molecule has 2 aromatic rings. The zero-order chi connectivity index (χ0) is 61.1. The standard InChI is InChI=1S/C42H72N6O3.C29H48ClN5O2/c1-2-8-14-20-26-32-37(31-25-19-13-7-1)46-49-40-43-41(50-47-38-33-27-21-15-9-3-4-10-16-22-28-34-38)45-42(44-40)51-48-39-35-29-23-17-11-5-6-12-18-24-30-36-39;30-27-31-28(36-34-25-21-17-13-9-5-1-2-6-10-14-18-22-25)33-29(32-27)37-35-26-23-19-15-11-7-3-4-8-12-16-20-24-26/h1-36H2;1-24H2. The van der Waals surface area contributed by atoms with E-state index in [0.717, 1.165) is 157 Å². The van der Waals surface area contributed by atoms with E-state index in [0.29, 0.717) is 0 Å². The lowest BCUT2D eigenvalue weighted by Crippen LogP contribution is -2.07. The molecule has 0 atom stereocenters. The predicted molar refractivity (Wildman–Crippen MR) is 362 cm³/mol. The summed E-state index contributed by atoms with van der Waals surface area (Å²) in [5.41, 5.74) is 5.37. The summed E-state index contributed by atoms with van der Waals surface area (Å²) < 4.78 is 0. The molecule has 5 fully saturated rings. The highest BCUT2D eigenvalue weighted by Crippen LogP contribution is 2.25. The number of hydrogen-bond donors (Lipinski definition) is 0. The lowest BCUT2D eigenvalue weighted by Gasteiger charge is -2.09. The molecule has 0 N–H and O–H groups in total. The SMILES string of the molecule is C1CCCCCCC(=NOc2nc(ON=C3CCCCCCCCCCCC3)nc(ON=C3CCCCCCCCCCCC3)n2)CCCCC1.Clc1nc(ON=C2CCCCCCCCCCCC2)nc(ON=C2CCCCCCCCCCCC2)n1. The van der Waals surface area contributed by atoms with E-state index in [-0.39, 0.29) is 35.3 Å². The molecule has 5 aliphatic carbocycles. The molecule has 0 aromatic carbocycles. The predicted octanol–water partition coefficient (Wildman–Crippen LogP) is 22.5. The summed E-state index contributed by atoms with van der Waals surface area (Å²) in [6.07, 6.45) is 73.5. The maximum atomic E-state index is 6.15. The molecule has 5 aliphatic rings. The molecule has 88 heavy (non-hydrogen) atoms. The number of halogens is 1. The minimum Gasteiger partial charge on any atom is -0.315 e. The summed E-state index contributed by atoms with van der Waals surface area (Å²) in [7, 11) is 0. The van der Waals surface area contributed by atoms with Gasteiger partial charge in [-0.1, -0.05) is 283 Å². The average Bonchev–Trinajstić information content (AvgIpc) is 3.83. The normalized spacial score (nSPS) is 21.1. The Morgan fingerprint density at radius 3 is 0.420 bits per heavy atom. The van der Waals surface area contributed by atoms with Crippen molar-refractivity contribution < 1.29 is 24.2 Å². The molecular weight excluding hydrogens is 1120 g/mol. The van der Waals surface area contributed by atoms with Crippen LogP contribution in [-0.4, -0.2) is 58.5 Å². The van der Waals surface area contributed by atoms with Gasteiger partial charge in [0.15, 0.2) is 0 Å². The quantitative estimate of drug-likeness (QED) is 0.206. The van der Waals surface area contributed by atoms with Crippen molar-refractivity contribution in [1.29, 1.82) is 0 Å². The van der Waals surface area contributed by atoms with Gasteiger partial charge in [0.2, 0.25) is 5.28 Å². The van der Waals surface area contributed by atoms with Crippen molar-refractivity contribution in [2.75, 3.05) is 0 Å². The van der Waals surface area contributed by atoms with Crippen LogP contribution < -0.4 is 24.2 Å². The number of oxime groups is 5. The lowest BCUT2D eigenvalue weighted by atomic mass is 10.0. The second-order valence-electron chi connectivity index (χ2n) is 26.3. The second kappa shape index (κ2) is 50.3. The molecule has 16 nitrogen and oxygen atoms in total. The van der Waals surface area contributed by atoms with E-state index in [1.807, 2.05) is 0 Å². The first-order valence-corrected chi connectivity index (χ1v) is 37.3. The summed E-state index contributed by atoms with van der Waals surface area (Å²) in [5, 5.41) is 22.7. The molecule has 7 rings (SSSR count). The first kappa shape index (κ1) is 72.7. The number of hydrogen-bond acceptors (Lipinski definition) is 16. The Labute approximate surface area is 538 Å². The van der Waals surface area contributed by atoms with Gasteiger partial charge in [-0.3, -0.25) is 0 Å². The van der Waals surface area contributed by atoms with Crippen molar-refractivity contribution >= 4 is 40.2 Å². The zero-order valence-corrected chi connectivity index (χ0v) is 56.0. The van der Waals surface area contributed by atoms with E-state index in [9.17, 15) is 0 Å². The molecule has 5 saturated carbocycles. The van der Waals surface area contributed by atoms with Crippen molar-refractivity contribution in [2.45, 2.75) is 385 Å². The van der Waals surface area contributed by atoms with E-state index in [2.05, 4.69) is 55.7 Å². The first-order chi connectivity index (χ1) is 43.6. The summed E-state index contributed by atoms with van der Waals surface area (Å²) >= 11 is 6.15. The Morgan fingerprint density at radius 1 is 0.170 bits per heavy atom. The minimum atomic E-state index is 0.0188. The van der Waals surface area contributed by atoms with Crippen molar-refractivity contribution in [3.8, 4) is 30.1 Å². The molecule has 496 valence electrons. The number of rotatable bonds is 10. The topological polar surface area (TPSA) is 185 Å². The molecule has 0 amide bonds. The third kappa shape index (κ3) is 37.1. The Morgan fingerprint density at radius 2 is 0.284 bits per heavy atom. The summed E-state index contributed by atoms with van der Waals surface area (Å²) in [6, 6.07) is 0.309. The fraction of sp³-hybridized carbons (Fsp3) is 0.845. The largest absolute Gasteiger partial charge is 0.355 e. The van der Waals surface area contributed by atoms with E-state index < -0.39 is 0 Å². The van der Waals surface area contributed by atoms with Gasteiger partial charge < -0.3 is 24.2 Å². The number of aromatic nitrogens is 6. The summed E-state index contributed by atoms with van der Waals surface area (Å²) in [6.45, 7) is 0. The third-order valence-electron chi connectivity index (χ3n) is 18.3. The van der Waals surface area contributed by atoms with Crippen LogP contribution >= 0.6 is 11.6 Å². The van der Waals surface area contributed by atoms with Crippen molar-refractivity contribution in [3.05, 3.63) is 5.28 Å². The molecule has 0 unspecified atom stereocenters. The Bertz CT molecular complexity index is 1970. The lowest BCUT2D eigenvalue weighted by molar-refractivity contribution is 0.247. The highest BCUT2D eigenvalue weighted by molar-refractivity contribution is 6.28. The Hall–Kier alpha value is -4.34. The summed E-state index contributed by atoms with van der Waals surface area (Å²) in [4.78, 5) is 55.0. The van der Waals surface area contributed by atoms with Crippen molar-refractivity contribution in [2.24, 2.45) is 25.8 Å². The molecule has 0 saturated heterocycles. The van der Waals surface area contributed by atoms with Crippen LogP contribution in [-0.2, 0) is 0 Å². The Kier molecular flexibility index (Phi) is 41.6. The van der Waals surface area contributed by atoms with Gasteiger partial charge in [-0.2, -0.15) is 9.97 Å². The average molecular weight is 1240 g/mol. The zero-order valence-electron chi connectivity index (χ0n) is 55.3. The van der Waals surface area contributed by atoms with Gasteiger partial charge in [0.25, 0.3) is 0 Å². The molecule has 2 aromatic heterocycles. The van der Waals surface area contributed by atoms with Crippen LogP contribution in [0, 0.1) is 0 Å². The Balaban J connectivity index is 0.000000295. The van der Waals surface area contributed by atoms with Crippen molar-refractivity contribution in [3.63, 3.8) is 0 Å². The van der Waals surface area contributed by atoms with Gasteiger partial charge in [-0.15, -0.1) is 19.9 Å². The van der Waals surface area contributed by atoms with Crippen LogP contribution in [0.15, 0.2) is 25.8 Å². The van der Waals surface area contributed by atoms with Crippen LogP contribution in [0.25, 0.3) is 0 Å². The van der Waals surface area contributed by atoms with E-state index in [1.54, 1.807) is 0 Å². The third-order valence-corrected chi connectivity index (χ3v) is 18.5. The molecule has 2 heterocycles. The molecule has 0 aliphatic heterocycles. The van der Waals surface area contributed by atoms with Crippen LogP contribution in [0.1, 0.15) is 385 Å². The first-order valence-electron chi connectivity index (χ1n) is 37.0. The van der Waals surface area contributed by atoms with Gasteiger partial charge in [-0.25, -0.2) is 0 Å². The van der Waals surface area contributed by atoms with Crippen LogP contribution in [0.3, 0.4) is 0 Å². The van der Waals surface area contributed by atoms with Crippen LogP contribution in [0.4, 0.5) is 0 Å². The van der Waals surface area contributed by atoms with Gasteiger partial charge in [-0.05, 0) is 140 Å². The van der Waals surface area contributed by atoms with Gasteiger partial charge in [0, 0.05) is 0 Å². The van der Waals surface area contributed by atoms with Crippen molar-refractivity contribution in [1.82, 2.24) is 29.9 Å². The van der Waals surface area contributed by atoms with Gasteiger partial charge in [0.1, 0.15) is 0 Å². The van der Waals surface area contributed by atoms with E-state index in [1.165, 1.54) is 257 Å². The molecule has 0 radical (unpaired) electrons. The highest BCUT2D eigenvalue weighted by atomic mass is 35.5. The fourth-order valence-corrected chi connectivity index (χ4v) is 13.0. The molecule has 0 bridgehead atoms. The van der Waals surface area contributed by atoms with Gasteiger partial charge in [0.05, 0.1) is 28.6 Å². The smallest absolute Gasteiger partial charge is 0.315 e. The summed E-state index contributed by atoms with van der Waals surface area (Å²) in [5.74, 6) is 0. The molecular formula is C71H120ClN11O5. The monoisotopic (exact) mass is 1240 g/mol. The maximum Gasteiger partial charge on any atom is 0.355 e. The van der Waals surface area contributed by atoms with E-state index in [4.69, 9.17) is 35.8 Å². The second-order valence-corrected chi connectivity index (χ2v) is 26.6. The molecule has 17 heteroatoms. The van der Waals surface area contributed by atoms with Crippen LogP contribution in [0.2, 0.25) is 5.28 Å². The minimum absolute atomic E-state index is 0.0188. The molecule has 0 spiro atoms. The number of nitrogens with zero attached hydrogens (tertiary/aromatic N) is 11. The van der Waals surface area contributed by atoms with Gasteiger partial charge >= 0.3 is 30.1 Å². The fourth-order valence-electron chi connectivity index (χ4n) is 12.8. The van der Waals surface area contributed by atoms with Crippen LogP contribution in [0.5, 0.6) is 30.1 Å². The highest BCUT2D eigenvalue weighted by Gasteiger charge is 2.16. The maximum absolute atomic E-state index is 6.15.